The van der Waals surface area contributed by atoms with Gasteiger partial charge in [0.05, 0.1) is 14.2 Å². The molecule has 49 heavy (non-hydrogen) atoms. The van der Waals surface area contributed by atoms with Gasteiger partial charge >= 0.3 is 12.2 Å². The van der Waals surface area contributed by atoms with Crippen LogP contribution in [0.5, 0.6) is 11.5 Å². The van der Waals surface area contributed by atoms with Crippen molar-refractivity contribution >= 4 is 23.0 Å². The minimum atomic E-state index is -1.73. The monoisotopic (exact) mass is 669 g/mol. The first-order valence-electron chi connectivity index (χ1n) is 16.4. The number of methoxy groups -OCH3 is 2. The van der Waals surface area contributed by atoms with Crippen molar-refractivity contribution in [1.29, 1.82) is 0 Å². The smallest absolute Gasteiger partial charge is 0.410 e. The molecule has 2 amide bonds. The molecule has 0 aromatic heterocycles. The number of fused-ring (bicyclic) bond motifs is 1. The van der Waals surface area contributed by atoms with Gasteiger partial charge in [0, 0.05) is 23.1 Å². The van der Waals surface area contributed by atoms with E-state index in [0.29, 0.717) is 11.5 Å². The van der Waals surface area contributed by atoms with Gasteiger partial charge in [0.1, 0.15) is 0 Å². The molecule has 0 radical (unpaired) electrons. The van der Waals surface area contributed by atoms with Gasteiger partial charge in [-0.05, 0) is 76.9 Å². The quantitative estimate of drug-likeness (QED) is 0.131. The Morgan fingerprint density at radius 2 is 1.41 bits per heavy atom. The van der Waals surface area contributed by atoms with Crippen LogP contribution in [0.25, 0.3) is 33.0 Å². The molecule has 4 N–H and O–H groups in total. The standard InChI is InChI=1S/C40H51N3O6/c1-37(2,3)29-19-15-25(16-20-29)30-14-12-13-26-23-27(17-21-31(26)30)33-28(18-22-32(48-10)34(33)49-11)24-41-40(38(4,5)6,42-35(44)45)43(36(46)47)39(7,8)9/h12-23,41-42H,24H2,1-11H3,(H,44,45)(H,46,47). The Kier molecular flexibility index (Phi) is 10.3. The fraction of sp³-hybridized carbons (Fsp3) is 0.400. The summed E-state index contributed by atoms with van der Waals surface area (Å²) >= 11 is 0. The molecule has 1 unspecified atom stereocenters. The summed E-state index contributed by atoms with van der Waals surface area (Å²) < 4.78 is 11.6. The van der Waals surface area contributed by atoms with Crippen molar-refractivity contribution in [3.8, 4) is 33.8 Å². The van der Waals surface area contributed by atoms with Gasteiger partial charge in [-0.15, -0.1) is 0 Å². The number of hydrogen-bond acceptors (Lipinski definition) is 5. The van der Waals surface area contributed by atoms with E-state index in [9.17, 15) is 19.8 Å². The molecule has 9 nitrogen and oxygen atoms in total. The number of rotatable bonds is 9. The van der Waals surface area contributed by atoms with Crippen LogP contribution in [0.15, 0.2) is 72.8 Å². The van der Waals surface area contributed by atoms with Crippen molar-refractivity contribution in [2.24, 2.45) is 5.41 Å². The predicted molar refractivity (Wildman–Crippen MR) is 196 cm³/mol. The Morgan fingerprint density at radius 1 is 0.776 bits per heavy atom. The Labute approximate surface area is 290 Å². The molecular formula is C40H51N3O6. The van der Waals surface area contributed by atoms with Gasteiger partial charge in [-0.1, -0.05) is 102 Å². The predicted octanol–water partition coefficient (Wildman–Crippen LogP) is 9.32. The van der Waals surface area contributed by atoms with Crippen LogP contribution in [0.3, 0.4) is 0 Å². The highest BCUT2D eigenvalue weighted by atomic mass is 16.5. The molecule has 9 heteroatoms. The SMILES string of the molecule is COc1ccc(CNC(NC(=O)O)(N(C(=O)O)C(C)(C)C)C(C)(C)C)c(-c2ccc3c(-c4ccc(C(C)(C)C)cc4)cccc3c2)c1OC. The number of amides is 2. The third-order valence-corrected chi connectivity index (χ3v) is 8.97. The summed E-state index contributed by atoms with van der Waals surface area (Å²) in [4.78, 5) is 26.3. The molecule has 4 aromatic carbocycles. The van der Waals surface area contributed by atoms with Crippen molar-refractivity contribution in [1.82, 2.24) is 15.5 Å². The van der Waals surface area contributed by atoms with Crippen molar-refractivity contribution in [3.05, 3.63) is 83.9 Å². The first-order valence-corrected chi connectivity index (χ1v) is 16.4. The molecule has 262 valence electrons. The zero-order chi connectivity index (χ0) is 36.5. The summed E-state index contributed by atoms with van der Waals surface area (Å²) in [7, 11) is 3.16. The minimum Gasteiger partial charge on any atom is -0.493 e. The van der Waals surface area contributed by atoms with Crippen molar-refractivity contribution in [2.75, 3.05) is 14.2 Å². The normalized spacial score (nSPS) is 13.4. The Bertz CT molecular complexity index is 1830. The molecule has 4 aromatic rings. The van der Waals surface area contributed by atoms with Crippen LogP contribution in [0.1, 0.15) is 73.4 Å². The zero-order valence-electron chi connectivity index (χ0n) is 30.6. The molecular weight excluding hydrogens is 618 g/mol. The summed E-state index contributed by atoms with van der Waals surface area (Å²) in [5.41, 5.74) is 4.03. The van der Waals surface area contributed by atoms with Crippen molar-refractivity contribution in [2.45, 2.75) is 85.6 Å². The molecule has 0 aliphatic heterocycles. The summed E-state index contributed by atoms with van der Waals surface area (Å²) in [5.74, 6) is -0.691. The van der Waals surface area contributed by atoms with Crippen molar-refractivity contribution < 1.29 is 29.3 Å². The number of nitrogens with one attached hydrogen (secondary N) is 2. The molecule has 0 heterocycles. The number of nitrogens with zero attached hydrogens (tertiary/aromatic N) is 1. The highest BCUT2D eigenvalue weighted by Gasteiger charge is 2.54. The van der Waals surface area contributed by atoms with Crippen LogP contribution < -0.4 is 20.1 Å². The summed E-state index contributed by atoms with van der Waals surface area (Å²) in [6.07, 6.45) is -2.63. The van der Waals surface area contributed by atoms with Gasteiger partial charge in [-0.25, -0.2) is 9.59 Å². The number of hydrogen-bond donors (Lipinski definition) is 4. The van der Waals surface area contributed by atoms with E-state index in [4.69, 9.17) is 9.47 Å². The van der Waals surface area contributed by atoms with E-state index < -0.39 is 28.9 Å². The lowest BCUT2D eigenvalue weighted by atomic mass is 9.82. The second-order valence-corrected chi connectivity index (χ2v) is 15.4. The maximum Gasteiger partial charge on any atom is 0.410 e. The highest BCUT2D eigenvalue weighted by Crippen LogP contribution is 2.44. The van der Waals surface area contributed by atoms with Crippen LogP contribution in [-0.4, -0.2) is 52.8 Å². The third kappa shape index (κ3) is 7.47. The number of carboxylic acid groups (broad SMARTS) is 2. The lowest BCUT2D eigenvalue weighted by molar-refractivity contribution is -0.0858. The Hall–Kier alpha value is -4.76. The van der Waals surface area contributed by atoms with Gasteiger partial charge in [-0.3, -0.25) is 15.5 Å². The number of benzene rings is 4. The van der Waals surface area contributed by atoms with Gasteiger partial charge in [0.15, 0.2) is 17.3 Å². The van der Waals surface area contributed by atoms with E-state index in [2.05, 4.69) is 79.9 Å². The van der Waals surface area contributed by atoms with Crippen LogP contribution in [0.2, 0.25) is 0 Å². The average molecular weight is 670 g/mol. The van der Waals surface area contributed by atoms with Crippen molar-refractivity contribution in [3.63, 3.8) is 0 Å². The fourth-order valence-corrected chi connectivity index (χ4v) is 6.55. The van der Waals surface area contributed by atoms with Gasteiger partial charge < -0.3 is 19.7 Å². The molecule has 0 aliphatic carbocycles. The molecule has 1 atom stereocenters. The topological polar surface area (TPSA) is 120 Å². The average Bonchev–Trinajstić information content (AvgIpc) is 3.00. The first-order chi connectivity index (χ1) is 22.7. The maximum atomic E-state index is 12.8. The molecule has 0 fully saturated rings. The lowest BCUT2D eigenvalue weighted by Crippen LogP contribution is -2.78. The second kappa shape index (κ2) is 13.6. The van der Waals surface area contributed by atoms with Gasteiger partial charge in [0.2, 0.25) is 0 Å². The molecule has 0 spiro atoms. The van der Waals surface area contributed by atoms with Gasteiger partial charge in [0.25, 0.3) is 0 Å². The molecule has 0 aliphatic rings. The van der Waals surface area contributed by atoms with E-state index in [0.717, 1.165) is 43.5 Å². The van der Waals surface area contributed by atoms with E-state index in [1.54, 1.807) is 61.8 Å². The van der Waals surface area contributed by atoms with Gasteiger partial charge in [-0.2, -0.15) is 0 Å². The fourth-order valence-electron chi connectivity index (χ4n) is 6.55. The molecule has 4 rings (SSSR count). The molecule has 0 bridgehead atoms. The molecule has 0 saturated carbocycles. The van der Waals surface area contributed by atoms with Crippen LogP contribution in [0.4, 0.5) is 9.59 Å². The second-order valence-electron chi connectivity index (χ2n) is 15.4. The highest BCUT2D eigenvalue weighted by molar-refractivity contribution is 5.99. The minimum absolute atomic E-state index is 0.0590. The third-order valence-electron chi connectivity index (χ3n) is 8.97. The van der Waals surface area contributed by atoms with Crippen LogP contribution >= 0.6 is 0 Å². The number of carbonyl (C=O) groups is 2. The van der Waals surface area contributed by atoms with Crippen LogP contribution in [0, 0.1) is 5.41 Å². The number of ether oxygens (including phenoxy) is 2. The zero-order valence-corrected chi connectivity index (χ0v) is 30.6. The largest absolute Gasteiger partial charge is 0.493 e. The summed E-state index contributed by atoms with van der Waals surface area (Å²) in [6.45, 7) is 17.3. The Balaban J connectivity index is 1.89. The van der Waals surface area contributed by atoms with E-state index in [1.807, 2.05) is 18.2 Å². The molecule has 0 saturated heterocycles. The maximum absolute atomic E-state index is 12.8. The lowest BCUT2D eigenvalue weighted by Gasteiger charge is -2.55. The van der Waals surface area contributed by atoms with E-state index >= 15 is 0 Å². The summed E-state index contributed by atoms with van der Waals surface area (Å²) in [6, 6.07) is 24.9. The first kappa shape index (κ1) is 37.1. The van der Waals surface area contributed by atoms with E-state index in [-0.39, 0.29) is 12.0 Å². The summed E-state index contributed by atoms with van der Waals surface area (Å²) in [5, 5.41) is 28.5. The van der Waals surface area contributed by atoms with Crippen LogP contribution in [-0.2, 0) is 12.0 Å². The van der Waals surface area contributed by atoms with E-state index in [1.165, 1.54) is 5.56 Å². The Morgan fingerprint density at radius 3 is 1.92 bits per heavy atom.